The van der Waals surface area contributed by atoms with Crippen molar-refractivity contribution in [3.8, 4) is 0 Å². The lowest BCUT2D eigenvalue weighted by atomic mass is 10.2. The Morgan fingerprint density at radius 1 is 1.14 bits per heavy atom. The van der Waals surface area contributed by atoms with E-state index in [0.717, 1.165) is 12.1 Å². The number of hydrogen-bond acceptors (Lipinski definition) is 2. The predicted molar refractivity (Wildman–Crippen MR) is 58.8 cm³/mol. The number of rotatable bonds is 2. The quantitative estimate of drug-likeness (QED) is 0.727. The van der Waals surface area contributed by atoms with Crippen LogP contribution in [0, 0.1) is 0 Å². The molecule has 1 aliphatic heterocycles. The molecule has 0 aliphatic carbocycles. The van der Waals surface area contributed by atoms with E-state index in [2.05, 4.69) is 9.88 Å². The zero-order valence-corrected chi connectivity index (χ0v) is 9.35. The number of halogens is 2. The first-order chi connectivity index (χ1) is 6.74. The average Bonchev–Trinajstić information content (AvgIpc) is 2.54. The highest BCUT2D eigenvalue weighted by Crippen LogP contribution is 2.18. The molecule has 0 saturated carbocycles. The van der Waals surface area contributed by atoms with Crippen molar-refractivity contribution in [2.75, 3.05) is 13.1 Å². The van der Waals surface area contributed by atoms with Gasteiger partial charge < -0.3 is 0 Å². The van der Waals surface area contributed by atoms with Crippen molar-refractivity contribution in [2.45, 2.75) is 19.4 Å². The summed E-state index contributed by atoms with van der Waals surface area (Å²) in [6.45, 7) is 3.29. The van der Waals surface area contributed by atoms with E-state index in [0.29, 0.717) is 10.3 Å². The number of likely N-dealkylation sites (tertiary alicyclic amines) is 1. The van der Waals surface area contributed by atoms with Gasteiger partial charge in [0.25, 0.3) is 0 Å². The van der Waals surface area contributed by atoms with Gasteiger partial charge in [0.2, 0.25) is 0 Å². The minimum atomic E-state index is 0.478. The molecule has 0 atom stereocenters. The Hall–Kier alpha value is -0.310. The van der Waals surface area contributed by atoms with Crippen LogP contribution in [0.5, 0.6) is 0 Å². The summed E-state index contributed by atoms with van der Waals surface area (Å²) in [5, 5.41) is 0.957. The van der Waals surface area contributed by atoms with Crippen molar-refractivity contribution in [1.29, 1.82) is 0 Å². The van der Waals surface area contributed by atoms with Crippen LogP contribution in [-0.2, 0) is 6.54 Å². The van der Waals surface area contributed by atoms with Crippen LogP contribution in [0.3, 0.4) is 0 Å². The average molecular weight is 231 g/mol. The van der Waals surface area contributed by atoms with Crippen molar-refractivity contribution in [2.24, 2.45) is 0 Å². The molecule has 0 N–H and O–H groups in total. The van der Waals surface area contributed by atoms with Crippen LogP contribution in [0.15, 0.2) is 12.1 Å². The second-order valence-corrected chi connectivity index (χ2v) is 4.38. The SMILES string of the molecule is Clc1cc(CN2CCCC2)cc(Cl)n1. The Balaban J connectivity index is 2.07. The van der Waals surface area contributed by atoms with Gasteiger partial charge in [-0.15, -0.1) is 0 Å². The molecule has 1 aromatic rings. The first-order valence-electron chi connectivity index (χ1n) is 4.78. The third-order valence-electron chi connectivity index (χ3n) is 2.43. The molecule has 76 valence electrons. The van der Waals surface area contributed by atoms with Gasteiger partial charge >= 0.3 is 0 Å². The minimum Gasteiger partial charge on any atom is -0.299 e. The molecular formula is C10H12Cl2N2. The van der Waals surface area contributed by atoms with Crippen molar-refractivity contribution >= 4 is 23.2 Å². The summed E-state index contributed by atoms with van der Waals surface area (Å²) in [4.78, 5) is 6.33. The van der Waals surface area contributed by atoms with E-state index in [4.69, 9.17) is 23.2 Å². The molecule has 0 spiro atoms. The zero-order chi connectivity index (χ0) is 9.97. The number of hydrogen-bond donors (Lipinski definition) is 0. The third kappa shape index (κ3) is 2.59. The van der Waals surface area contributed by atoms with E-state index in [1.54, 1.807) is 0 Å². The van der Waals surface area contributed by atoms with Gasteiger partial charge in [0.15, 0.2) is 0 Å². The summed E-state index contributed by atoms with van der Waals surface area (Å²) < 4.78 is 0. The molecule has 0 aromatic carbocycles. The molecule has 1 saturated heterocycles. The van der Waals surface area contributed by atoms with Gasteiger partial charge in [-0.3, -0.25) is 4.90 Å². The maximum absolute atomic E-state index is 5.82. The second-order valence-electron chi connectivity index (χ2n) is 3.60. The predicted octanol–water partition coefficient (Wildman–Crippen LogP) is 2.98. The fourth-order valence-electron chi connectivity index (χ4n) is 1.80. The van der Waals surface area contributed by atoms with Crippen molar-refractivity contribution in [3.63, 3.8) is 0 Å². The molecule has 0 unspecified atom stereocenters. The first-order valence-corrected chi connectivity index (χ1v) is 5.54. The summed E-state index contributed by atoms with van der Waals surface area (Å²) >= 11 is 11.6. The third-order valence-corrected chi connectivity index (χ3v) is 2.81. The highest BCUT2D eigenvalue weighted by atomic mass is 35.5. The summed E-state index contributed by atoms with van der Waals surface area (Å²) in [5.41, 5.74) is 1.15. The summed E-state index contributed by atoms with van der Waals surface area (Å²) in [6.07, 6.45) is 2.60. The van der Waals surface area contributed by atoms with Gasteiger partial charge in [0.05, 0.1) is 0 Å². The van der Waals surface area contributed by atoms with Crippen LogP contribution in [0.4, 0.5) is 0 Å². The minimum absolute atomic E-state index is 0.478. The highest BCUT2D eigenvalue weighted by molar-refractivity contribution is 6.32. The number of aromatic nitrogens is 1. The smallest absolute Gasteiger partial charge is 0.131 e. The van der Waals surface area contributed by atoms with E-state index >= 15 is 0 Å². The monoisotopic (exact) mass is 230 g/mol. The molecule has 0 amide bonds. The van der Waals surface area contributed by atoms with Gasteiger partial charge in [0.1, 0.15) is 10.3 Å². The molecule has 1 aromatic heterocycles. The van der Waals surface area contributed by atoms with E-state index in [-0.39, 0.29) is 0 Å². The van der Waals surface area contributed by atoms with E-state index in [9.17, 15) is 0 Å². The van der Waals surface area contributed by atoms with Crippen LogP contribution in [0.1, 0.15) is 18.4 Å². The highest BCUT2D eigenvalue weighted by Gasteiger charge is 2.12. The summed E-state index contributed by atoms with van der Waals surface area (Å²) in [6, 6.07) is 3.76. The van der Waals surface area contributed by atoms with Gasteiger partial charge in [-0.05, 0) is 43.6 Å². The van der Waals surface area contributed by atoms with Gasteiger partial charge in [-0.2, -0.15) is 0 Å². The molecule has 4 heteroatoms. The Morgan fingerprint density at radius 2 is 1.71 bits per heavy atom. The number of nitrogens with zero attached hydrogens (tertiary/aromatic N) is 2. The Morgan fingerprint density at radius 3 is 2.29 bits per heavy atom. The van der Waals surface area contributed by atoms with E-state index in [1.165, 1.54) is 25.9 Å². The van der Waals surface area contributed by atoms with Crippen LogP contribution in [0.25, 0.3) is 0 Å². The summed E-state index contributed by atoms with van der Waals surface area (Å²) in [7, 11) is 0. The lowest BCUT2D eigenvalue weighted by molar-refractivity contribution is 0.331. The van der Waals surface area contributed by atoms with Gasteiger partial charge in [0, 0.05) is 6.54 Å². The Kier molecular flexibility index (Phi) is 3.26. The van der Waals surface area contributed by atoms with E-state index < -0.39 is 0 Å². The molecule has 2 nitrogen and oxygen atoms in total. The van der Waals surface area contributed by atoms with Crippen molar-refractivity contribution in [3.05, 3.63) is 28.0 Å². The molecule has 2 rings (SSSR count). The van der Waals surface area contributed by atoms with Crippen LogP contribution in [0.2, 0.25) is 10.3 Å². The molecule has 0 bridgehead atoms. The zero-order valence-electron chi connectivity index (χ0n) is 7.84. The largest absolute Gasteiger partial charge is 0.299 e. The fraction of sp³-hybridized carbons (Fsp3) is 0.500. The molecule has 2 heterocycles. The first kappa shape index (κ1) is 10.2. The molecule has 14 heavy (non-hydrogen) atoms. The maximum atomic E-state index is 5.82. The van der Waals surface area contributed by atoms with Crippen molar-refractivity contribution < 1.29 is 0 Å². The van der Waals surface area contributed by atoms with Crippen LogP contribution < -0.4 is 0 Å². The Labute approximate surface area is 93.8 Å². The van der Waals surface area contributed by atoms with Gasteiger partial charge in [-0.1, -0.05) is 23.2 Å². The normalized spacial score (nSPS) is 17.6. The topological polar surface area (TPSA) is 16.1 Å². The fourth-order valence-corrected chi connectivity index (χ4v) is 2.31. The Bertz CT molecular complexity index is 302. The van der Waals surface area contributed by atoms with Crippen LogP contribution in [-0.4, -0.2) is 23.0 Å². The second kappa shape index (κ2) is 4.47. The standard InChI is InChI=1S/C10H12Cl2N2/c11-9-5-8(6-10(12)13-9)7-14-3-1-2-4-14/h5-6H,1-4,7H2. The van der Waals surface area contributed by atoms with Crippen molar-refractivity contribution in [1.82, 2.24) is 9.88 Å². The molecular weight excluding hydrogens is 219 g/mol. The van der Waals surface area contributed by atoms with Crippen LogP contribution >= 0.6 is 23.2 Å². The van der Waals surface area contributed by atoms with E-state index in [1.807, 2.05) is 12.1 Å². The molecule has 1 aliphatic rings. The molecule has 1 fully saturated rings. The molecule has 0 radical (unpaired) electrons. The van der Waals surface area contributed by atoms with Gasteiger partial charge in [-0.25, -0.2) is 4.98 Å². The lowest BCUT2D eigenvalue weighted by Crippen LogP contribution is -2.18. The summed E-state index contributed by atoms with van der Waals surface area (Å²) in [5.74, 6) is 0. The number of pyridine rings is 1. The lowest BCUT2D eigenvalue weighted by Gasteiger charge is -2.14. The maximum Gasteiger partial charge on any atom is 0.131 e.